The second-order valence-electron chi connectivity index (χ2n) is 8.13. The highest BCUT2D eigenvalue weighted by Crippen LogP contribution is 2.35. The van der Waals surface area contributed by atoms with Gasteiger partial charge in [-0.05, 0) is 33.6 Å². The summed E-state index contributed by atoms with van der Waals surface area (Å²) in [6.45, 7) is 12.0. The maximum absolute atomic E-state index is 12.2. The van der Waals surface area contributed by atoms with Crippen LogP contribution in [0.1, 0.15) is 40.0 Å². The topological polar surface area (TPSA) is 52.4 Å². The third kappa shape index (κ3) is 4.17. The fourth-order valence-electron chi connectivity index (χ4n) is 3.92. The van der Waals surface area contributed by atoms with Gasteiger partial charge in [-0.2, -0.15) is 0 Å². The number of likely N-dealkylation sites (tertiary alicyclic amines) is 1. The number of hydrogen-bond acceptors (Lipinski definition) is 4. The van der Waals surface area contributed by atoms with Crippen LogP contribution in [0.25, 0.3) is 0 Å². The lowest BCUT2D eigenvalue weighted by atomic mass is 9.87. The summed E-state index contributed by atoms with van der Waals surface area (Å²) < 4.78 is 17.2. The smallest absolute Gasteiger partial charge is 0.410 e. The molecule has 1 spiro atoms. The van der Waals surface area contributed by atoms with Crippen LogP contribution in [0.15, 0.2) is 0 Å². The number of nitrogens with zero attached hydrogens (tertiary/aromatic N) is 1. The Balaban J connectivity index is 1.49. The molecule has 1 amide bonds. The highest BCUT2D eigenvalue weighted by Gasteiger charge is 2.47. The van der Waals surface area contributed by atoms with Crippen molar-refractivity contribution in [2.45, 2.75) is 57.3 Å². The van der Waals surface area contributed by atoms with Crippen molar-refractivity contribution in [3.05, 3.63) is 0 Å². The van der Waals surface area contributed by atoms with Gasteiger partial charge in [-0.15, -0.1) is 0 Å². The monoisotopic (exact) mass is 327 g/mol. The van der Waals surface area contributed by atoms with Crippen LogP contribution >= 0.6 is 0 Å². The maximum Gasteiger partial charge on any atom is 0.410 e. The molecular formula is C17H31N2O4+. The molecule has 0 aromatic carbocycles. The predicted octanol–water partition coefficient (Wildman–Crippen LogP) is 0.460. The first-order valence-electron chi connectivity index (χ1n) is 8.91. The molecule has 3 heterocycles. The molecule has 0 aromatic heterocycles. The van der Waals surface area contributed by atoms with E-state index in [1.165, 1.54) is 0 Å². The first-order valence-corrected chi connectivity index (χ1v) is 8.91. The maximum atomic E-state index is 12.2. The number of piperidine rings is 1. The van der Waals surface area contributed by atoms with E-state index in [0.29, 0.717) is 6.04 Å². The summed E-state index contributed by atoms with van der Waals surface area (Å²) in [7, 11) is 0. The first-order chi connectivity index (χ1) is 10.9. The Hall–Kier alpha value is -0.850. The van der Waals surface area contributed by atoms with E-state index in [4.69, 9.17) is 14.2 Å². The van der Waals surface area contributed by atoms with Gasteiger partial charge in [-0.3, -0.25) is 0 Å². The Labute approximate surface area is 139 Å². The van der Waals surface area contributed by atoms with Gasteiger partial charge in [-0.1, -0.05) is 0 Å². The number of hydrogen-bond donors (Lipinski definition) is 1. The molecule has 1 N–H and O–H groups in total. The Morgan fingerprint density at radius 2 is 1.87 bits per heavy atom. The minimum absolute atomic E-state index is 0.0194. The normalized spacial score (nSPS) is 29.0. The Morgan fingerprint density at radius 3 is 2.48 bits per heavy atom. The molecule has 0 aromatic rings. The average molecular weight is 327 g/mol. The number of rotatable bonds is 1. The fourth-order valence-corrected chi connectivity index (χ4v) is 3.92. The number of nitrogens with one attached hydrogen (secondary N) is 1. The summed E-state index contributed by atoms with van der Waals surface area (Å²) in [4.78, 5) is 15.6. The molecule has 0 unspecified atom stereocenters. The lowest BCUT2D eigenvalue weighted by molar-refractivity contribution is -0.931. The van der Waals surface area contributed by atoms with Crippen molar-refractivity contribution >= 4 is 6.09 Å². The van der Waals surface area contributed by atoms with Gasteiger partial charge < -0.3 is 24.0 Å². The number of carbonyl (C=O) groups is 1. The van der Waals surface area contributed by atoms with Crippen molar-refractivity contribution in [3.8, 4) is 0 Å². The molecule has 3 rings (SSSR count). The molecule has 3 saturated heterocycles. The van der Waals surface area contributed by atoms with Crippen LogP contribution < -0.4 is 4.90 Å². The van der Waals surface area contributed by atoms with Gasteiger partial charge in [0.2, 0.25) is 0 Å². The van der Waals surface area contributed by atoms with E-state index < -0.39 is 5.60 Å². The van der Waals surface area contributed by atoms with Crippen molar-refractivity contribution in [1.29, 1.82) is 0 Å². The third-order valence-corrected chi connectivity index (χ3v) is 5.25. The molecule has 1 atom stereocenters. The zero-order chi connectivity index (χ0) is 16.5. The molecule has 0 aliphatic carbocycles. The second kappa shape index (κ2) is 6.57. The molecule has 3 aliphatic heterocycles. The van der Waals surface area contributed by atoms with E-state index >= 15 is 0 Å². The number of carbonyl (C=O) groups excluding carboxylic acids is 1. The number of quaternary nitrogens is 1. The molecule has 6 nitrogen and oxygen atoms in total. The van der Waals surface area contributed by atoms with Gasteiger partial charge in [-0.25, -0.2) is 4.79 Å². The van der Waals surface area contributed by atoms with Gasteiger partial charge in [0.25, 0.3) is 0 Å². The SMILES string of the molecule is CC(C)(C)OC(=O)N1CCC2(CC1)C[C@H]([NH+]1CCOCC1)CO2. The zero-order valence-electron chi connectivity index (χ0n) is 14.7. The van der Waals surface area contributed by atoms with Gasteiger partial charge >= 0.3 is 6.09 Å². The number of morpholine rings is 1. The van der Waals surface area contributed by atoms with E-state index in [0.717, 1.165) is 65.3 Å². The third-order valence-electron chi connectivity index (χ3n) is 5.25. The molecule has 0 saturated carbocycles. The summed E-state index contributed by atoms with van der Waals surface area (Å²) >= 11 is 0. The quantitative estimate of drug-likeness (QED) is 0.760. The fraction of sp³-hybridized carbons (Fsp3) is 0.941. The predicted molar refractivity (Wildman–Crippen MR) is 85.6 cm³/mol. The van der Waals surface area contributed by atoms with Crippen LogP contribution in [0.5, 0.6) is 0 Å². The molecule has 3 aliphatic rings. The molecular weight excluding hydrogens is 296 g/mol. The highest BCUT2D eigenvalue weighted by molar-refractivity contribution is 5.68. The molecule has 3 fully saturated rings. The van der Waals surface area contributed by atoms with Crippen LogP contribution in [0.2, 0.25) is 0 Å². The van der Waals surface area contributed by atoms with E-state index in [1.54, 1.807) is 4.90 Å². The van der Waals surface area contributed by atoms with Crippen LogP contribution in [0.4, 0.5) is 4.79 Å². The summed E-state index contributed by atoms with van der Waals surface area (Å²) in [5.41, 5.74) is -0.449. The summed E-state index contributed by atoms with van der Waals surface area (Å²) in [6.07, 6.45) is 2.77. The first kappa shape index (κ1) is 17.0. The van der Waals surface area contributed by atoms with Crippen LogP contribution in [0.3, 0.4) is 0 Å². The zero-order valence-corrected chi connectivity index (χ0v) is 14.7. The van der Waals surface area contributed by atoms with Crippen molar-refractivity contribution in [1.82, 2.24) is 4.90 Å². The molecule has 6 heteroatoms. The van der Waals surface area contributed by atoms with Gasteiger partial charge in [0.15, 0.2) is 0 Å². The Bertz CT molecular complexity index is 421. The standard InChI is InChI=1S/C17H30N2O4/c1-16(2,3)23-15(20)19-6-4-17(5-7-19)12-14(13-22-17)18-8-10-21-11-9-18/h14H,4-13H2,1-3H3/p+1/t14-/m0/s1. The van der Waals surface area contributed by atoms with Gasteiger partial charge in [0.05, 0.1) is 25.4 Å². The highest BCUT2D eigenvalue weighted by atomic mass is 16.6. The van der Waals surface area contributed by atoms with Crippen LogP contribution in [-0.2, 0) is 14.2 Å². The average Bonchev–Trinajstić information content (AvgIpc) is 2.91. The van der Waals surface area contributed by atoms with E-state index in [1.807, 2.05) is 25.7 Å². The van der Waals surface area contributed by atoms with Gasteiger partial charge in [0, 0.05) is 19.5 Å². The number of ether oxygens (including phenoxy) is 3. The summed E-state index contributed by atoms with van der Waals surface area (Å²) in [5, 5.41) is 0. The van der Waals surface area contributed by atoms with Crippen LogP contribution in [0, 0.1) is 0 Å². The van der Waals surface area contributed by atoms with Crippen LogP contribution in [-0.4, -0.2) is 74.2 Å². The van der Waals surface area contributed by atoms with Gasteiger partial charge in [0.1, 0.15) is 24.7 Å². The Morgan fingerprint density at radius 1 is 1.22 bits per heavy atom. The Kier molecular flexibility index (Phi) is 4.85. The molecule has 0 radical (unpaired) electrons. The molecule has 132 valence electrons. The minimum Gasteiger partial charge on any atom is -0.444 e. The van der Waals surface area contributed by atoms with Crippen molar-refractivity contribution in [2.24, 2.45) is 0 Å². The van der Waals surface area contributed by atoms with E-state index in [2.05, 4.69) is 0 Å². The van der Waals surface area contributed by atoms with Crippen molar-refractivity contribution < 1.29 is 23.9 Å². The van der Waals surface area contributed by atoms with E-state index in [9.17, 15) is 4.79 Å². The summed E-state index contributed by atoms with van der Waals surface area (Å²) in [5.74, 6) is 0. The van der Waals surface area contributed by atoms with Crippen molar-refractivity contribution in [3.63, 3.8) is 0 Å². The minimum atomic E-state index is -0.430. The number of amides is 1. The van der Waals surface area contributed by atoms with E-state index in [-0.39, 0.29) is 11.7 Å². The largest absolute Gasteiger partial charge is 0.444 e. The molecule has 0 bridgehead atoms. The van der Waals surface area contributed by atoms with Crippen molar-refractivity contribution in [2.75, 3.05) is 46.0 Å². The lowest BCUT2D eigenvalue weighted by Gasteiger charge is -2.39. The molecule has 23 heavy (non-hydrogen) atoms. The second-order valence-corrected chi connectivity index (χ2v) is 8.13. The summed E-state index contributed by atoms with van der Waals surface area (Å²) in [6, 6.07) is 0.590. The lowest BCUT2D eigenvalue weighted by Crippen LogP contribution is -3.18.